The zero-order chi connectivity index (χ0) is 12.3. The van der Waals surface area contributed by atoms with Crippen LogP contribution >= 0.6 is 15.9 Å². The molecule has 0 N–H and O–H groups in total. The van der Waals surface area contributed by atoms with Crippen molar-refractivity contribution >= 4 is 27.4 Å². The Morgan fingerprint density at radius 2 is 2.25 bits per heavy atom. The number of hydrogen-bond donors (Lipinski definition) is 0. The van der Waals surface area contributed by atoms with Crippen molar-refractivity contribution in [1.29, 1.82) is 5.26 Å². The van der Waals surface area contributed by atoms with Crippen LogP contribution in [0.2, 0.25) is 0 Å². The minimum Gasteiger partial charge on any atom is -0.293 e. The van der Waals surface area contributed by atoms with E-state index in [0.717, 1.165) is 0 Å². The van der Waals surface area contributed by atoms with Gasteiger partial charge < -0.3 is 0 Å². The zero-order valence-corrected chi connectivity index (χ0v) is 9.94. The first-order valence-electron chi connectivity index (χ1n) is 4.30. The van der Waals surface area contributed by atoms with Crippen molar-refractivity contribution in [1.82, 2.24) is 0 Å². The lowest BCUT2D eigenvalue weighted by molar-refractivity contribution is -0.385. The Morgan fingerprint density at radius 3 is 2.69 bits per heavy atom. The standard InChI is InChI=1S/C10H7BrN2O3/c1-6-2-3-8(13(15)16)7(5-12)10(6)9(14)4-11/h2-3H,4H2,1H3. The Hall–Kier alpha value is -1.74. The SMILES string of the molecule is Cc1ccc([N+](=O)[O-])c(C#N)c1C(=O)CBr. The van der Waals surface area contributed by atoms with Crippen LogP contribution in [0.5, 0.6) is 0 Å². The number of benzene rings is 1. The summed E-state index contributed by atoms with van der Waals surface area (Å²) in [5.41, 5.74) is 0.173. The molecular weight excluding hydrogens is 276 g/mol. The normalized spacial score (nSPS) is 9.56. The topological polar surface area (TPSA) is 84.0 Å². The van der Waals surface area contributed by atoms with Gasteiger partial charge in [0.05, 0.1) is 10.3 Å². The summed E-state index contributed by atoms with van der Waals surface area (Å²) in [5.74, 6) is -0.335. The van der Waals surface area contributed by atoms with Crippen LogP contribution in [-0.4, -0.2) is 16.0 Å². The lowest BCUT2D eigenvalue weighted by Gasteiger charge is -2.05. The molecule has 1 rings (SSSR count). The van der Waals surface area contributed by atoms with Gasteiger partial charge >= 0.3 is 0 Å². The summed E-state index contributed by atoms with van der Waals surface area (Å²) in [6, 6.07) is 4.42. The van der Waals surface area contributed by atoms with Crippen molar-refractivity contribution in [2.24, 2.45) is 0 Å². The Kier molecular flexibility index (Phi) is 3.74. The van der Waals surface area contributed by atoms with E-state index in [2.05, 4.69) is 15.9 Å². The van der Waals surface area contributed by atoms with Crippen LogP contribution in [0.1, 0.15) is 21.5 Å². The third-order valence-electron chi connectivity index (χ3n) is 2.10. The minimum absolute atomic E-state index is 0.0314. The summed E-state index contributed by atoms with van der Waals surface area (Å²) < 4.78 is 0. The molecule has 0 spiro atoms. The summed E-state index contributed by atoms with van der Waals surface area (Å²) in [5, 5.41) is 19.6. The van der Waals surface area contributed by atoms with E-state index in [9.17, 15) is 14.9 Å². The average Bonchev–Trinajstić information content (AvgIpc) is 2.26. The van der Waals surface area contributed by atoms with E-state index in [0.29, 0.717) is 5.56 Å². The van der Waals surface area contributed by atoms with Crippen LogP contribution in [0.3, 0.4) is 0 Å². The van der Waals surface area contributed by atoms with Crippen LogP contribution < -0.4 is 0 Å². The van der Waals surface area contributed by atoms with Crippen LogP contribution in [0.4, 0.5) is 5.69 Å². The second-order valence-corrected chi connectivity index (χ2v) is 3.64. The average molecular weight is 283 g/mol. The molecule has 1 aromatic rings. The molecule has 0 unspecified atom stereocenters. The molecule has 5 nitrogen and oxygen atoms in total. The van der Waals surface area contributed by atoms with E-state index in [4.69, 9.17) is 5.26 Å². The van der Waals surface area contributed by atoms with Crippen molar-refractivity contribution in [3.05, 3.63) is 38.9 Å². The number of nitro benzene ring substituents is 1. The van der Waals surface area contributed by atoms with Gasteiger partial charge in [-0.3, -0.25) is 14.9 Å². The number of carbonyl (C=O) groups is 1. The zero-order valence-electron chi connectivity index (χ0n) is 8.36. The van der Waals surface area contributed by atoms with Crippen LogP contribution in [0.25, 0.3) is 0 Å². The fourth-order valence-corrected chi connectivity index (χ4v) is 1.67. The fourth-order valence-electron chi connectivity index (χ4n) is 1.39. The molecule has 0 bridgehead atoms. The predicted molar refractivity (Wildman–Crippen MR) is 60.7 cm³/mol. The lowest BCUT2D eigenvalue weighted by Crippen LogP contribution is -2.08. The van der Waals surface area contributed by atoms with Gasteiger partial charge in [0, 0.05) is 11.6 Å². The molecule has 0 saturated heterocycles. The van der Waals surface area contributed by atoms with Gasteiger partial charge in [-0.25, -0.2) is 0 Å². The third kappa shape index (κ3) is 2.09. The smallest absolute Gasteiger partial charge is 0.287 e. The second kappa shape index (κ2) is 4.86. The maximum absolute atomic E-state index is 11.6. The highest BCUT2D eigenvalue weighted by Crippen LogP contribution is 2.25. The molecule has 0 aromatic heterocycles. The van der Waals surface area contributed by atoms with Crippen molar-refractivity contribution in [2.45, 2.75) is 6.92 Å². The summed E-state index contributed by atoms with van der Waals surface area (Å²) in [7, 11) is 0. The number of Topliss-reactive ketones (excluding diaryl/α,β-unsaturated/α-hetero) is 1. The van der Waals surface area contributed by atoms with E-state index in [1.165, 1.54) is 12.1 Å². The molecule has 82 valence electrons. The van der Waals surface area contributed by atoms with Gasteiger partial charge in [-0.05, 0) is 12.5 Å². The molecule has 0 fully saturated rings. The summed E-state index contributed by atoms with van der Waals surface area (Å²) in [6.07, 6.45) is 0. The fraction of sp³-hybridized carbons (Fsp3) is 0.200. The number of halogens is 1. The Labute approximate surface area is 100.0 Å². The Bertz CT molecular complexity index is 506. The largest absolute Gasteiger partial charge is 0.293 e. The second-order valence-electron chi connectivity index (χ2n) is 3.08. The molecule has 0 aliphatic heterocycles. The molecule has 0 aliphatic carbocycles. The van der Waals surface area contributed by atoms with Gasteiger partial charge in [0.25, 0.3) is 5.69 Å². The predicted octanol–water partition coefficient (Wildman–Crippen LogP) is 2.35. The molecule has 0 heterocycles. The van der Waals surface area contributed by atoms with E-state index >= 15 is 0 Å². The van der Waals surface area contributed by atoms with Gasteiger partial charge in [0.2, 0.25) is 0 Å². The molecule has 0 amide bonds. The number of carbonyl (C=O) groups excluding carboxylic acids is 1. The molecule has 0 atom stereocenters. The summed E-state index contributed by atoms with van der Waals surface area (Å²) in [6.45, 7) is 1.64. The quantitative estimate of drug-likeness (QED) is 0.369. The Morgan fingerprint density at radius 1 is 1.62 bits per heavy atom. The van der Waals surface area contributed by atoms with Crippen molar-refractivity contribution < 1.29 is 9.72 Å². The molecule has 0 aliphatic rings. The van der Waals surface area contributed by atoms with Crippen molar-refractivity contribution in [3.8, 4) is 6.07 Å². The van der Waals surface area contributed by atoms with Gasteiger partial charge in [-0.1, -0.05) is 22.0 Å². The van der Waals surface area contributed by atoms with Crippen LogP contribution in [0, 0.1) is 28.4 Å². The van der Waals surface area contributed by atoms with Crippen LogP contribution in [-0.2, 0) is 0 Å². The molecule has 0 radical (unpaired) electrons. The third-order valence-corrected chi connectivity index (χ3v) is 2.61. The van der Waals surface area contributed by atoms with Crippen molar-refractivity contribution in [2.75, 3.05) is 5.33 Å². The van der Waals surface area contributed by atoms with E-state index < -0.39 is 4.92 Å². The van der Waals surface area contributed by atoms with Crippen LogP contribution in [0.15, 0.2) is 12.1 Å². The van der Waals surface area contributed by atoms with E-state index in [1.807, 2.05) is 0 Å². The van der Waals surface area contributed by atoms with Gasteiger partial charge in [0.15, 0.2) is 5.78 Å². The molecule has 1 aromatic carbocycles. The number of nitrogens with zero attached hydrogens (tertiary/aromatic N) is 2. The van der Waals surface area contributed by atoms with Gasteiger partial charge in [-0.2, -0.15) is 5.26 Å². The number of nitro groups is 1. The summed E-state index contributed by atoms with van der Waals surface area (Å²) in [4.78, 5) is 21.6. The first-order chi connectivity index (χ1) is 7.52. The minimum atomic E-state index is -0.664. The molecule has 16 heavy (non-hydrogen) atoms. The van der Waals surface area contributed by atoms with Crippen molar-refractivity contribution in [3.63, 3.8) is 0 Å². The first-order valence-corrected chi connectivity index (χ1v) is 5.42. The molecule has 0 saturated carbocycles. The Balaban J connectivity index is 3.58. The van der Waals surface area contributed by atoms with E-state index in [1.54, 1.807) is 13.0 Å². The monoisotopic (exact) mass is 282 g/mol. The highest BCUT2D eigenvalue weighted by atomic mass is 79.9. The number of aryl methyl sites for hydroxylation is 1. The number of hydrogen-bond acceptors (Lipinski definition) is 4. The number of nitriles is 1. The van der Waals surface area contributed by atoms with Gasteiger partial charge in [0.1, 0.15) is 11.6 Å². The number of ketones is 1. The maximum atomic E-state index is 11.6. The highest BCUT2D eigenvalue weighted by molar-refractivity contribution is 9.09. The summed E-state index contributed by atoms with van der Waals surface area (Å²) >= 11 is 2.98. The number of rotatable bonds is 3. The highest BCUT2D eigenvalue weighted by Gasteiger charge is 2.22. The maximum Gasteiger partial charge on any atom is 0.287 e. The van der Waals surface area contributed by atoms with E-state index in [-0.39, 0.29) is 27.9 Å². The lowest BCUT2D eigenvalue weighted by atomic mass is 9.98. The van der Waals surface area contributed by atoms with Gasteiger partial charge in [-0.15, -0.1) is 0 Å². The first kappa shape index (κ1) is 12.3. The molecule has 6 heteroatoms. The molecular formula is C10H7BrN2O3. The number of alkyl halides is 1.